The third kappa shape index (κ3) is 3.71. The Hall–Kier alpha value is -2.34. The highest BCUT2D eigenvalue weighted by Crippen LogP contribution is 2.25. The van der Waals surface area contributed by atoms with Crippen LogP contribution in [0.15, 0.2) is 52.2 Å². The van der Waals surface area contributed by atoms with Crippen LogP contribution in [0.5, 0.6) is 0 Å². The Morgan fingerprint density at radius 3 is 2.83 bits per heavy atom. The number of hydrogen-bond donors (Lipinski definition) is 0. The molecule has 118 valence electrons. The van der Waals surface area contributed by atoms with Crippen molar-refractivity contribution in [2.75, 3.05) is 5.75 Å². The number of carbonyl (C=O) groups is 1. The molecular formula is C17H17N3O2S. The van der Waals surface area contributed by atoms with Gasteiger partial charge in [-0.3, -0.25) is 9.36 Å². The SMILES string of the molecule is CC(=O)CSc1nnc(-c2cccc(C)c2)n1Cc1ccco1. The lowest BCUT2D eigenvalue weighted by Gasteiger charge is -2.09. The summed E-state index contributed by atoms with van der Waals surface area (Å²) >= 11 is 1.39. The average molecular weight is 327 g/mol. The Morgan fingerprint density at radius 1 is 1.26 bits per heavy atom. The minimum Gasteiger partial charge on any atom is -0.467 e. The van der Waals surface area contributed by atoms with Gasteiger partial charge in [-0.25, -0.2) is 0 Å². The van der Waals surface area contributed by atoms with E-state index in [9.17, 15) is 4.79 Å². The van der Waals surface area contributed by atoms with Crippen molar-refractivity contribution in [3.05, 3.63) is 54.0 Å². The smallest absolute Gasteiger partial charge is 0.192 e. The number of aromatic nitrogens is 3. The van der Waals surface area contributed by atoms with Crippen LogP contribution in [0.1, 0.15) is 18.2 Å². The minimum atomic E-state index is 0.111. The summed E-state index contributed by atoms with van der Waals surface area (Å²) in [6, 6.07) is 11.9. The lowest BCUT2D eigenvalue weighted by atomic mass is 10.1. The molecule has 3 rings (SSSR count). The Morgan fingerprint density at radius 2 is 2.13 bits per heavy atom. The van der Waals surface area contributed by atoms with Crippen molar-refractivity contribution in [1.29, 1.82) is 0 Å². The van der Waals surface area contributed by atoms with Crippen LogP contribution >= 0.6 is 11.8 Å². The van der Waals surface area contributed by atoms with E-state index < -0.39 is 0 Å². The standard InChI is InChI=1S/C17H17N3O2S/c1-12-5-3-6-14(9-12)16-18-19-17(23-11-13(2)21)20(16)10-15-7-4-8-22-15/h3-9H,10-11H2,1-2H3. The zero-order chi connectivity index (χ0) is 16.2. The van der Waals surface area contributed by atoms with Gasteiger partial charge in [-0.05, 0) is 32.0 Å². The highest BCUT2D eigenvalue weighted by molar-refractivity contribution is 7.99. The molecule has 2 heterocycles. The summed E-state index contributed by atoms with van der Waals surface area (Å²) in [5.74, 6) is 2.09. The zero-order valence-electron chi connectivity index (χ0n) is 13.0. The third-order valence-corrected chi connectivity index (χ3v) is 4.40. The van der Waals surface area contributed by atoms with Gasteiger partial charge in [0.15, 0.2) is 11.0 Å². The quantitative estimate of drug-likeness (QED) is 0.648. The van der Waals surface area contributed by atoms with Gasteiger partial charge in [-0.15, -0.1) is 10.2 Å². The molecule has 0 bridgehead atoms. The van der Waals surface area contributed by atoms with Gasteiger partial charge in [-0.1, -0.05) is 35.5 Å². The van der Waals surface area contributed by atoms with Crippen LogP contribution in [-0.4, -0.2) is 26.3 Å². The Balaban J connectivity index is 1.99. The summed E-state index contributed by atoms with van der Waals surface area (Å²) in [5.41, 5.74) is 2.16. The Kier molecular flexibility index (Phi) is 4.62. The van der Waals surface area contributed by atoms with Crippen LogP contribution in [-0.2, 0) is 11.3 Å². The monoisotopic (exact) mass is 327 g/mol. The first-order valence-electron chi connectivity index (χ1n) is 7.28. The third-order valence-electron chi connectivity index (χ3n) is 3.29. The average Bonchev–Trinajstić information content (AvgIpc) is 3.15. The lowest BCUT2D eigenvalue weighted by molar-refractivity contribution is -0.114. The van der Waals surface area contributed by atoms with Crippen LogP contribution in [0, 0.1) is 6.92 Å². The van der Waals surface area contributed by atoms with Crippen LogP contribution in [0.25, 0.3) is 11.4 Å². The van der Waals surface area contributed by atoms with Gasteiger partial charge >= 0.3 is 0 Å². The summed E-state index contributed by atoms with van der Waals surface area (Å²) in [6.45, 7) is 4.15. The molecule has 0 fully saturated rings. The number of ketones is 1. The molecule has 2 aromatic heterocycles. The van der Waals surface area contributed by atoms with E-state index in [0.29, 0.717) is 17.5 Å². The van der Waals surface area contributed by atoms with E-state index in [1.165, 1.54) is 11.8 Å². The fraction of sp³-hybridized carbons (Fsp3) is 0.235. The number of thioether (sulfide) groups is 1. The van der Waals surface area contributed by atoms with E-state index in [4.69, 9.17) is 4.42 Å². The van der Waals surface area contributed by atoms with Gasteiger partial charge in [0, 0.05) is 5.56 Å². The Labute approximate surface area is 138 Å². The van der Waals surface area contributed by atoms with E-state index in [2.05, 4.69) is 16.3 Å². The maximum absolute atomic E-state index is 11.3. The van der Waals surface area contributed by atoms with E-state index in [1.807, 2.05) is 41.8 Å². The van der Waals surface area contributed by atoms with Crippen molar-refractivity contribution in [3.63, 3.8) is 0 Å². The first-order valence-corrected chi connectivity index (χ1v) is 8.27. The fourth-order valence-electron chi connectivity index (χ4n) is 2.26. The van der Waals surface area contributed by atoms with E-state index >= 15 is 0 Å². The van der Waals surface area contributed by atoms with E-state index in [-0.39, 0.29) is 5.78 Å². The molecule has 5 nitrogen and oxygen atoms in total. The van der Waals surface area contributed by atoms with E-state index in [1.54, 1.807) is 13.2 Å². The fourth-order valence-corrected chi connectivity index (χ4v) is 3.00. The summed E-state index contributed by atoms with van der Waals surface area (Å²) in [4.78, 5) is 11.3. The molecule has 0 unspecified atom stereocenters. The van der Waals surface area contributed by atoms with Crippen molar-refractivity contribution in [2.24, 2.45) is 0 Å². The summed E-state index contributed by atoms with van der Waals surface area (Å²) in [6.07, 6.45) is 1.65. The number of furan rings is 1. The lowest BCUT2D eigenvalue weighted by Crippen LogP contribution is -2.05. The molecule has 0 spiro atoms. The summed E-state index contributed by atoms with van der Waals surface area (Å²) in [5, 5.41) is 9.30. The van der Waals surface area contributed by atoms with Crippen molar-refractivity contribution in [1.82, 2.24) is 14.8 Å². The highest BCUT2D eigenvalue weighted by Gasteiger charge is 2.16. The minimum absolute atomic E-state index is 0.111. The van der Waals surface area contributed by atoms with Gasteiger partial charge in [0.1, 0.15) is 11.5 Å². The predicted octanol–water partition coefficient (Wildman–Crippen LogP) is 3.58. The second-order valence-corrected chi connectivity index (χ2v) is 6.27. The molecule has 0 radical (unpaired) electrons. The molecule has 3 aromatic rings. The van der Waals surface area contributed by atoms with Gasteiger partial charge in [-0.2, -0.15) is 0 Å². The molecule has 0 aliphatic rings. The van der Waals surface area contributed by atoms with Crippen LogP contribution in [0.3, 0.4) is 0 Å². The highest BCUT2D eigenvalue weighted by atomic mass is 32.2. The van der Waals surface area contributed by atoms with Crippen molar-refractivity contribution in [2.45, 2.75) is 25.5 Å². The van der Waals surface area contributed by atoms with Crippen LogP contribution in [0.4, 0.5) is 0 Å². The van der Waals surface area contributed by atoms with Gasteiger partial charge in [0.05, 0.1) is 18.6 Å². The second-order valence-electron chi connectivity index (χ2n) is 5.33. The van der Waals surface area contributed by atoms with Crippen molar-refractivity contribution >= 4 is 17.5 Å². The number of aryl methyl sites for hydroxylation is 1. The number of benzene rings is 1. The molecular weight excluding hydrogens is 310 g/mol. The van der Waals surface area contributed by atoms with Gasteiger partial charge in [0.25, 0.3) is 0 Å². The molecule has 0 aliphatic carbocycles. The van der Waals surface area contributed by atoms with E-state index in [0.717, 1.165) is 22.7 Å². The van der Waals surface area contributed by atoms with Crippen molar-refractivity contribution in [3.8, 4) is 11.4 Å². The molecule has 0 saturated heterocycles. The molecule has 0 saturated carbocycles. The molecule has 0 N–H and O–H groups in total. The van der Waals surface area contributed by atoms with Crippen molar-refractivity contribution < 1.29 is 9.21 Å². The first kappa shape index (κ1) is 15.6. The number of carbonyl (C=O) groups excluding carboxylic acids is 1. The Bertz CT molecular complexity index is 809. The number of hydrogen-bond acceptors (Lipinski definition) is 5. The molecule has 23 heavy (non-hydrogen) atoms. The second kappa shape index (κ2) is 6.83. The predicted molar refractivity (Wildman–Crippen MR) is 89.4 cm³/mol. The summed E-state index contributed by atoms with van der Waals surface area (Å²) in [7, 11) is 0. The maximum atomic E-state index is 11.3. The van der Waals surface area contributed by atoms with Gasteiger partial charge in [0.2, 0.25) is 0 Å². The van der Waals surface area contributed by atoms with Crippen LogP contribution < -0.4 is 0 Å². The molecule has 1 aromatic carbocycles. The normalized spacial score (nSPS) is 10.9. The molecule has 6 heteroatoms. The first-order chi connectivity index (χ1) is 11.1. The topological polar surface area (TPSA) is 60.9 Å². The number of nitrogens with zero attached hydrogens (tertiary/aromatic N) is 3. The number of Topliss-reactive ketones (excluding diaryl/α,β-unsaturated/α-hetero) is 1. The largest absolute Gasteiger partial charge is 0.467 e. The molecule has 0 aliphatic heterocycles. The molecule has 0 atom stereocenters. The van der Waals surface area contributed by atoms with Gasteiger partial charge < -0.3 is 4.42 Å². The number of rotatable bonds is 6. The molecule has 0 amide bonds. The van der Waals surface area contributed by atoms with Crippen LogP contribution in [0.2, 0.25) is 0 Å². The maximum Gasteiger partial charge on any atom is 0.192 e. The zero-order valence-corrected chi connectivity index (χ0v) is 13.8. The summed E-state index contributed by atoms with van der Waals surface area (Å²) < 4.78 is 7.44.